The molecule has 0 aliphatic heterocycles. The van der Waals surface area contributed by atoms with E-state index in [1.165, 1.54) is 0 Å². The number of aliphatic hydroxyl groups excluding tert-OH is 2. The molecule has 0 radical (unpaired) electrons. The van der Waals surface area contributed by atoms with Crippen LogP contribution >= 0.6 is 0 Å². The number of hydrogen-bond donors (Lipinski definition) is 3. The minimum atomic E-state index is -0.684. The van der Waals surface area contributed by atoms with E-state index in [9.17, 15) is 0 Å². The van der Waals surface area contributed by atoms with Gasteiger partial charge < -0.3 is 15.5 Å². The van der Waals surface area contributed by atoms with Crippen molar-refractivity contribution in [3.63, 3.8) is 0 Å². The molecule has 0 unspecified atom stereocenters. The summed E-state index contributed by atoms with van der Waals surface area (Å²) >= 11 is 0. The molecule has 0 fully saturated rings. The van der Waals surface area contributed by atoms with Crippen molar-refractivity contribution >= 4 is 0 Å². The lowest BCUT2D eigenvalue weighted by molar-refractivity contribution is 0.0942. The van der Waals surface area contributed by atoms with Crippen molar-refractivity contribution < 1.29 is 10.2 Å². The summed E-state index contributed by atoms with van der Waals surface area (Å²) in [6.07, 6.45) is 2.98. The predicted octanol–water partition coefficient (Wildman–Crippen LogP) is -1.14. The molecule has 74 valence electrons. The maximum atomic E-state index is 9.01. The molecule has 1 atom stereocenters. The minimum Gasteiger partial charge on any atom is -0.394 e. The van der Waals surface area contributed by atoms with Crippen LogP contribution in [0.25, 0.3) is 0 Å². The third-order valence-corrected chi connectivity index (χ3v) is 1.68. The Bertz CT molecular complexity index is 249. The van der Waals surface area contributed by atoms with E-state index in [4.69, 9.17) is 10.2 Å². The molecule has 1 aromatic rings. The third-order valence-electron chi connectivity index (χ3n) is 1.68. The van der Waals surface area contributed by atoms with E-state index in [1.807, 2.05) is 13.2 Å². The van der Waals surface area contributed by atoms with E-state index in [2.05, 4.69) is 10.4 Å². The van der Waals surface area contributed by atoms with Gasteiger partial charge in [0.2, 0.25) is 0 Å². The first-order valence-electron chi connectivity index (χ1n) is 4.19. The van der Waals surface area contributed by atoms with E-state index >= 15 is 0 Å². The number of nitrogens with zero attached hydrogens (tertiary/aromatic N) is 2. The van der Waals surface area contributed by atoms with Crippen molar-refractivity contribution in [1.29, 1.82) is 0 Å². The van der Waals surface area contributed by atoms with Gasteiger partial charge in [-0.15, -0.1) is 0 Å². The topological polar surface area (TPSA) is 70.3 Å². The summed E-state index contributed by atoms with van der Waals surface area (Å²) in [5, 5.41) is 24.5. The Morgan fingerprint density at radius 2 is 2.46 bits per heavy atom. The van der Waals surface area contributed by atoms with Crippen molar-refractivity contribution in [3.05, 3.63) is 18.0 Å². The Labute approximate surface area is 77.0 Å². The van der Waals surface area contributed by atoms with Crippen molar-refractivity contribution in [2.24, 2.45) is 7.05 Å². The van der Waals surface area contributed by atoms with Crippen LogP contribution in [0.15, 0.2) is 12.4 Å². The highest BCUT2D eigenvalue weighted by atomic mass is 16.3. The predicted molar refractivity (Wildman–Crippen MR) is 48.0 cm³/mol. The van der Waals surface area contributed by atoms with Gasteiger partial charge in [0.1, 0.15) is 0 Å². The zero-order valence-corrected chi connectivity index (χ0v) is 7.64. The van der Waals surface area contributed by atoms with Gasteiger partial charge in [-0.25, -0.2) is 0 Å². The standard InChI is InChI=1S/C8H15N3O2/c1-11-5-7(3-10-11)2-9-4-8(13)6-12/h3,5,8-9,12-13H,2,4,6H2,1H3/t8-/m0/s1. The molecule has 0 bridgehead atoms. The van der Waals surface area contributed by atoms with E-state index in [0.29, 0.717) is 13.1 Å². The van der Waals surface area contributed by atoms with Gasteiger partial charge in [0.05, 0.1) is 18.9 Å². The van der Waals surface area contributed by atoms with E-state index in [1.54, 1.807) is 10.9 Å². The highest BCUT2D eigenvalue weighted by Gasteiger charge is 2.01. The minimum absolute atomic E-state index is 0.208. The second-order valence-corrected chi connectivity index (χ2v) is 2.99. The molecular formula is C8H15N3O2. The van der Waals surface area contributed by atoms with Gasteiger partial charge in [-0.1, -0.05) is 0 Å². The zero-order chi connectivity index (χ0) is 9.68. The van der Waals surface area contributed by atoms with Gasteiger partial charge in [0.15, 0.2) is 0 Å². The Kier molecular flexibility index (Phi) is 3.88. The molecule has 0 saturated heterocycles. The SMILES string of the molecule is Cn1cc(CNC[C@H](O)CO)cn1. The smallest absolute Gasteiger partial charge is 0.0895 e. The highest BCUT2D eigenvalue weighted by Crippen LogP contribution is 1.94. The quantitative estimate of drug-likeness (QED) is 0.542. The zero-order valence-electron chi connectivity index (χ0n) is 7.64. The fraction of sp³-hybridized carbons (Fsp3) is 0.625. The van der Waals surface area contributed by atoms with Gasteiger partial charge in [0.25, 0.3) is 0 Å². The largest absolute Gasteiger partial charge is 0.394 e. The van der Waals surface area contributed by atoms with Crippen molar-refractivity contribution in [2.75, 3.05) is 13.2 Å². The number of aryl methyl sites for hydroxylation is 1. The lowest BCUT2D eigenvalue weighted by Gasteiger charge is -2.07. The number of rotatable bonds is 5. The molecule has 0 aliphatic rings. The molecule has 5 heteroatoms. The molecule has 0 aliphatic carbocycles. The van der Waals surface area contributed by atoms with Crippen LogP contribution in [0.3, 0.4) is 0 Å². The Balaban J connectivity index is 2.20. The van der Waals surface area contributed by atoms with Gasteiger partial charge in [-0.2, -0.15) is 5.10 Å². The second kappa shape index (κ2) is 4.96. The molecule has 1 aromatic heterocycles. The maximum absolute atomic E-state index is 9.01. The van der Waals surface area contributed by atoms with Crippen LogP contribution in [0, 0.1) is 0 Å². The van der Waals surface area contributed by atoms with Crippen LogP contribution in [0.5, 0.6) is 0 Å². The van der Waals surface area contributed by atoms with Gasteiger partial charge in [0, 0.05) is 31.9 Å². The number of aliphatic hydroxyl groups is 2. The molecule has 0 amide bonds. The maximum Gasteiger partial charge on any atom is 0.0895 e. The van der Waals surface area contributed by atoms with Crippen molar-refractivity contribution in [2.45, 2.75) is 12.6 Å². The van der Waals surface area contributed by atoms with Crippen LogP contribution in [0.2, 0.25) is 0 Å². The monoisotopic (exact) mass is 185 g/mol. The van der Waals surface area contributed by atoms with E-state index in [-0.39, 0.29) is 6.61 Å². The van der Waals surface area contributed by atoms with Crippen LogP contribution in [-0.4, -0.2) is 39.2 Å². The molecule has 0 spiro atoms. The summed E-state index contributed by atoms with van der Waals surface area (Å²) in [4.78, 5) is 0. The van der Waals surface area contributed by atoms with Crippen LogP contribution in [0.1, 0.15) is 5.56 Å². The van der Waals surface area contributed by atoms with Crippen molar-refractivity contribution in [1.82, 2.24) is 15.1 Å². The first kappa shape index (κ1) is 10.2. The number of hydrogen-bond acceptors (Lipinski definition) is 4. The lowest BCUT2D eigenvalue weighted by Crippen LogP contribution is -2.28. The lowest BCUT2D eigenvalue weighted by atomic mass is 10.3. The molecule has 13 heavy (non-hydrogen) atoms. The summed E-state index contributed by atoms with van der Waals surface area (Å²) in [7, 11) is 1.85. The van der Waals surface area contributed by atoms with Crippen LogP contribution in [-0.2, 0) is 13.6 Å². The number of nitrogens with one attached hydrogen (secondary N) is 1. The molecule has 0 saturated carbocycles. The molecule has 1 heterocycles. The fourth-order valence-corrected chi connectivity index (χ4v) is 1.01. The summed E-state index contributed by atoms with van der Waals surface area (Å²) in [6, 6.07) is 0. The first-order chi connectivity index (χ1) is 6.22. The average molecular weight is 185 g/mol. The molecular weight excluding hydrogens is 170 g/mol. The van der Waals surface area contributed by atoms with Gasteiger partial charge in [-0.3, -0.25) is 4.68 Å². The third kappa shape index (κ3) is 3.54. The average Bonchev–Trinajstić information content (AvgIpc) is 2.51. The summed E-state index contributed by atoms with van der Waals surface area (Å²) in [5.74, 6) is 0. The molecule has 0 aromatic carbocycles. The molecule has 3 N–H and O–H groups in total. The number of aromatic nitrogens is 2. The Morgan fingerprint density at radius 1 is 1.69 bits per heavy atom. The highest BCUT2D eigenvalue weighted by molar-refractivity contribution is 5.02. The van der Waals surface area contributed by atoms with Crippen LogP contribution in [0.4, 0.5) is 0 Å². The normalized spacial score (nSPS) is 13.2. The summed E-state index contributed by atoms with van der Waals surface area (Å²) in [6.45, 7) is 0.844. The Morgan fingerprint density at radius 3 is 3.00 bits per heavy atom. The summed E-state index contributed by atoms with van der Waals surface area (Å²) < 4.78 is 1.72. The Hall–Kier alpha value is -0.910. The van der Waals surface area contributed by atoms with E-state index in [0.717, 1.165) is 5.56 Å². The van der Waals surface area contributed by atoms with Gasteiger partial charge >= 0.3 is 0 Å². The van der Waals surface area contributed by atoms with Gasteiger partial charge in [-0.05, 0) is 0 Å². The van der Waals surface area contributed by atoms with Crippen molar-refractivity contribution in [3.8, 4) is 0 Å². The van der Waals surface area contributed by atoms with E-state index < -0.39 is 6.10 Å². The fourth-order valence-electron chi connectivity index (χ4n) is 1.01. The second-order valence-electron chi connectivity index (χ2n) is 2.99. The molecule has 1 rings (SSSR count). The van der Waals surface area contributed by atoms with Crippen LogP contribution < -0.4 is 5.32 Å². The summed E-state index contributed by atoms with van der Waals surface area (Å²) in [5.41, 5.74) is 1.06. The first-order valence-corrected chi connectivity index (χ1v) is 4.19. The molecule has 5 nitrogen and oxygen atoms in total.